The van der Waals surface area contributed by atoms with E-state index in [0.717, 1.165) is 30.7 Å². The molecule has 188 valence electrons. The maximum Gasteiger partial charge on any atom is 0.192 e. The number of anilines is 1. The first kappa shape index (κ1) is 23.7. The maximum atomic E-state index is 6.72. The van der Waals surface area contributed by atoms with Gasteiger partial charge in [0, 0.05) is 47.5 Å². The third kappa shape index (κ3) is 4.24. The number of aromatic amines is 1. The molecule has 6 rings (SSSR count). The van der Waals surface area contributed by atoms with Crippen molar-refractivity contribution in [3.05, 3.63) is 54.6 Å². The Balaban J connectivity index is 1.27. The number of H-pyrrole nitrogens is 1. The molecule has 0 spiro atoms. The van der Waals surface area contributed by atoms with Crippen LogP contribution in [-0.4, -0.2) is 42.5 Å². The molecular formula is C30H38N4OSi. The third-order valence-corrected chi connectivity index (χ3v) is 13.4. The van der Waals surface area contributed by atoms with Gasteiger partial charge in [-0.15, -0.1) is 0 Å². The zero-order valence-corrected chi connectivity index (χ0v) is 23.3. The van der Waals surface area contributed by atoms with Crippen LogP contribution in [0.2, 0.25) is 18.1 Å². The maximum absolute atomic E-state index is 6.72. The number of hydrogen-bond acceptors (Lipinski definition) is 4. The highest BCUT2D eigenvalue weighted by molar-refractivity contribution is 6.74. The molecule has 6 heteroatoms. The predicted octanol–water partition coefficient (Wildman–Crippen LogP) is 7.65. The molecule has 1 aromatic carbocycles. The van der Waals surface area contributed by atoms with Gasteiger partial charge < -0.3 is 14.3 Å². The smallest absolute Gasteiger partial charge is 0.192 e. The summed E-state index contributed by atoms with van der Waals surface area (Å²) in [5, 5.41) is 3.90. The van der Waals surface area contributed by atoms with Crippen molar-refractivity contribution < 1.29 is 4.43 Å². The number of nitrogens with zero attached hydrogens (tertiary/aromatic N) is 3. The van der Waals surface area contributed by atoms with Crippen LogP contribution in [0.5, 0.6) is 0 Å². The Morgan fingerprint density at radius 2 is 1.81 bits per heavy atom. The van der Waals surface area contributed by atoms with Crippen molar-refractivity contribution in [2.75, 3.05) is 18.0 Å². The normalized spacial score (nSPS) is 19.4. The van der Waals surface area contributed by atoms with Gasteiger partial charge in [-0.2, -0.15) is 0 Å². The quantitative estimate of drug-likeness (QED) is 0.287. The molecule has 5 nitrogen and oxygen atoms in total. The van der Waals surface area contributed by atoms with Crippen LogP contribution < -0.4 is 4.90 Å². The second-order valence-corrected chi connectivity index (χ2v) is 17.1. The van der Waals surface area contributed by atoms with E-state index >= 15 is 0 Å². The first-order valence-corrected chi connectivity index (χ1v) is 16.4. The standard InChI is InChI=1S/C30H38N4OSi/c1-30(2,3)36(4,5)35-25-11-12-34(19-25)24-13-23(16-31-18-24)21-9-10-22-17-32-29-27(26(22)14-21)15-28(33-29)20-7-6-8-20/h9-10,13-18,20,25H,6-8,11-12,19H2,1-5H3,(H,32,33)/t25-/m0/s1. The summed E-state index contributed by atoms with van der Waals surface area (Å²) in [6.07, 6.45) is 11.3. The van der Waals surface area contributed by atoms with E-state index in [9.17, 15) is 0 Å². The molecule has 0 amide bonds. The lowest BCUT2D eigenvalue weighted by molar-refractivity contribution is 0.202. The van der Waals surface area contributed by atoms with E-state index in [1.54, 1.807) is 0 Å². The van der Waals surface area contributed by atoms with Crippen LogP contribution in [0, 0.1) is 0 Å². The summed E-state index contributed by atoms with van der Waals surface area (Å²) in [6, 6.07) is 11.3. The van der Waals surface area contributed by atoms with Crippen molar-refractivity contribution in [1.29, 1.82) is 0 Å². The summed E-state index contributed by atoms with van der Waals surface area (Å²) < 4.78 is 6.72. The number of benzene rings is 1. The number of fused-ring (bicyclic) bond motifs is 3. The van der Waals surface area contributed by atoms with Gasteiger partial charge in [0.25, 0.3) is 0 Å². The van der Waals surface area contributed by atoms with Crippen molar-refractivity contribution in [1.82, 2.24) is 15.0 Å². The molecule has 0 unspecified atom stereocenters. The van der Waals surface area contributed by atoms with Crippen LogP contribution in [0.15, 0.2) is 48.9 Å². The fourth-order valence-electron chi connectivity index (χ4n) is 5.34. The fourth-order valence-corrected chi connectivity index (χ4v) is 6.72. The Morgan fingerprint density at radius 1 is 0.972 bits per heavy atom. The van der Waals surface area contributed by atoms with E-state index in [1.807, 2.05) is 18.6 Å². The van der Waals surface area contributed by atoms with Crippen molar-refractivity contribution in [2.45, 2.75) is 76.6 Å². The molecule has 0 bridgehead atoms. The first-order chi connectivity index (χ1) is 17.2. The molecule has 3 aromatic heterocycles. The number of pyridine rings is 2. The summed E-state index contributed by atoms with van der Waals surface area (Å²) in [7, 11) is -1.77. The molecule has 1 saturated carbocycles. The second-order valence-electron chi connectivity index (χ2n) is 12.3. The molecule has 4 aromatic rings. The van der Waals surface area contributed by atoms with Gasteiger partial charge in [-0.3, -0.25) is 4.98 Å². The molecular weight excluding hydrogens is 460 g/mol. The molecule has 1 aliphatic heterocycles. The third-order valence-electron chi connectivity index (χ3n) is 8.87. The molecule has 2 fully saturated rings. The summed E-state index contributed by atoms with van der Waals surface area (Å²) in [5.41, 5.74) is 5.88. The lowest BCUT2D eigenvalue weighted by atomic mass is 9.83. The van der Waals surface area contributed by atoms with E-state index in [-0.39, 0.29) is 5.04 Å². The van der Waals surface area contributed by atoms with E-state index < -0.39 is 8.32 Å². The highest BCUT2D eigenvalue weighted by Crippen LogP contribution is 2.40. The van der Waals surface area contributed by atoms with Crippen LogP contribution >= 0.6 is 0 Å². The molecule has 2 aliphatic rings. The highest BCUT2D eigenvalue weighted by atomic mass is 28.4. The van der Waals surface area contributed by atoms with Crippen LogP contribution in [0.25, 0.3) is 32.9 Å². The van der Waals surface area contributed by atoms with Gasteiger partial charge >= 0.3 is 0 Å². The van der Waals surface area contributed by atoms with E-state index in [1.165, 1.54) is 52.4 Å². The van der Waals surface area contributed by atoms with Crippen molar-refractivity contribution in [2.24, 2.45) is 0 Å². The minimum Gasteiger partial charge on any atom is -0.412 e. The van der Waals surface area contributed by atoms with Gasteiger partial charge in [0.15, 0.2) is 8.32 Å². The largest absolute Gasteiger partial charge is 0.412 e. The first-order valence-electron chi connectivity index (χ1n) is 13.5. The van der Waals surface area contributed by atoms with Gasteiger partial charge in [-0.25, -0.2) is 4.98 Å². The monoisotopic (exact) mass is 498 g/mol. The Morgan fingerprint density at radius 3 is 2.56 bits per heavy atom. The van der Waals surface area contributed by atoms with Crippen LogP contribution in [0.3, 0.4) is 0 Å². The highest BCUT2D eigenvalue weighted by Gasteiger charge is 2.40. The zero-order chi connectivity index (χ0) is 25.1. The number of nitrogens with one attached hydrogen (secondary N) is 1. The molecule has 36 heavy (non-hydrogen) atoms. The average molecular weight is 499 g/mol. The van der Waals surface area contributed by atoms with Crippen molar-refractivity contribution >= 4 is 35.8 Å². The van der Waals surface area contributed by atoms with Gasteiger partial charge in [0.1, 0.15) is 5.65 Å². The van der Waals surface area contributed by atoms with Crippen molar-refractivity contribution in [3.63, 3.8) is 0 Å². The van der Waals surface area contributed by atoms with Gasteiger partial charge in [-0.05, 0) is 72.5 Å². The minimum absolute atomic E-state index is 0.233. The lowest BCUT2D eigenvalue weighted by Gasteiger charge is -2.38. The predicted molar refractivity (Wildman–Crippen MR) is 152 cm³/mol. The Bertz CT molecular complexity index is 1420. The molecule has 1 N–H and O–H groups in total. The van der Waals surface area contributed by atoms with Gasteiger partial charge in [0.05, 0.1) is 18.0 Å². The number of aromatic nitrogens is 3. The molecule has 1 aliphatic carbocycles. The Labute approximate surface area is 215 Å². The molecule has 1 atom stereocenters. The van der Waals surface area contributed by atoms with Crippen molar-refractivity contribution in [3.8, 4) is 11.1 Å². The summed E-state index contributed by atoms with van der Waals surface area (Å²) >= 11 is 0. The average Bonchev–Trinajstić information content (AvgIpc) is 3.44. The fraction of sp³-hybridized carbons (Fsp3) is 0.467. The second kappa shape index (κ2) is 8.70. The van der Waals surface area contributed by atoms with E-state index in [2.05, 4.69) is 79.1 Å². The minimum atomic E-state index is -1.77. The van der Waals surface area contributed by atoms with Crippen LogP contribution in [0.4, 0.5) is 5.69 Å². The van der Waals surface area contributed by atoms with E-state index in [4.69, 9.17) is 9.41 Å². The molecule has 0 radical (unpaired) electrons. The topological polar surface area (TPSA) is 54.0 Å². The Hall–Kier alpha value is -2.70. The van der Waals surface area contributed by atoms with Gasteiger partial charge in [-0.1, -0.05) is 39.3 Å². The summed E-state index contributed by atoms with van der Waals surface area (Å²) in [4.78, 5) is 15.4. The summed E-state index contributed by atoms with van der Waals surface area (Å²) in [5.74, 6) is 0.670. The van der Waals surface area contributed by atoms with Gasteiger partial charge in [0.2, 0.25) is 0 Å². The Kier molecular flexibility index (Phi) is 5.72. The number of rotatable bonds is 5. The van der Waals surface area contributed by atoms with E-state index in [0.29, 0.717) is 12.0 Å². The van der Waals surface area contributed by atoms with Crippen LogP contribution in [0.1, 0.15) is 58.1 Å². The molecule has 1 saturated heterocycles. The molecule has 4 heterocycles. The van der Waals surface area contributed by atoms with Crippen LogP contribution in [-0.2, 0) is 4.43 Å². The lowest BCUT2D eigenvalue weighted by Crippen LogP contribution is -2.44. The SMILES string of the molecule is CC(C)(C)[Si](C)(C)O[C@H]1CCN(c2cncc(-c3ccc4cnc5[nH]c(C6CCC6)cc5c4c3)c2)C1. The zero-order valence-electron chi connectivity index (χ0n) is 22.3. The number of hydrogen-bond donors (Lipinski definition) is 1. The summed E-state index contributed by atoms with van der Waals surface area (Å²) in [6.45, 7) is 13.6.